The molecule has 24 heavy (non-hydrogen) atoms. The van der Waals surface area contributed by atoms with Gasteiger partial charge in [-0.15, -0.1) is 0 Å². The Morgan fingerprint density at radius 3 is 2.54 bits per heavy atom. The van der Waals surface area contributed by atoms with Crippen LogP contribution in [-0.2, 0) is 4.79 Å². The van der Waals surface area contributed by atoms with Gasteiger partial charge in [0.2, 0.25) is 5.91 Å². The minimum absolute atomic E-state index is 0.00952. The third kappa shape index (κ3) is 5.57. The summed E-state index contributed by atoms with van der Waals surface area (Å²) in [6.45, 7) is 6.67. The highest BCUT2D eigenvalue weighted by Crippen LogP contribution is 2.19. The second-order valence-electron chi connectivity index (χ2n) is 6.06. The molecular weight excluding hydrogens is 322 g/mol. The van der Waals surface area contributed by atoms with Crippen LogP contribution in [0.15, 0.2) is 42.5 Å². The van der Waals surface area contributed by atoms with Gasteiger partial charge in [0.25, 0.3) is 0 Å². The molecule has 0 radical (unpaired) electrons. The summed E-state index contributed by atoms with van der Waals surface area (Å²) in [4.78, 5) is 12.1. The minimum atomic E-state index is 0.00952. The number of aryl methyl sites for hydroxylation is 2. The van der Waals surface area contributed by atoms with E-state index in [0.717, 1.165) is 11.3 Å². The Morgan fingerprint density at radius 2 is 1.88 bits per heavy atom. The summed E-state index contributed by atoms with van der Waals surface area (Å²) in [6, 6.07) is 13.5. The van der Waals surface area contributed by atoms with Gasteiger partial charge in [-0.25, -0.2) is 0 Å². The number of halogens is 1. The van der Waals surface area contributed by atoms with Crippen LogP contribution in [0, 0.1) is 13.8 Å². The number of hydrogen-bond donors (Lipinski definition) is 1. The molecule has 0 aliphatic heterocycles. The molecule has 0 fully saturated rings. The zero-order valence-electron chi connectivity index (χ0n) is 14.4. The Bertz CT molecular complexity index is 683. The molecule has 2 aromatic rings. The van der Waals surface area contributed by atoms with Gasteiger partial charge in [0.05, 0.1) is 12.6 Å². The maximum absolute atomic E-state index is 12.1. The lowest BCUT2D eigenvalue weighted by molar-refractivity contribution is -0.121. The van der Waals surface area contributed by atoms with Crippen LogP contribution >= 0.6 is 11.6 Å². The Balaban J connectivity index is 1.73. The molecule has 0 aliphatic carbocycles. The van der Waals surface area contributed by atoms with E-state index in [2.05, 4.69) is 37.4 Å². The second kappa shape index (κ2) is 8.74. The maximum atomic E-state index is 12.1. The first-order chi connectivity index (χ1) is 11.5. The Morgan fingerprint density at radius 1 is 1.17 bits per heavy atom. The zero-order chi connectivity index (χ0) is 17.5. The molecule has 128 valence electrons. The Kier molecular flexibility index (Phi) is 6.68. The third-order valence-electron chi connectivity index (χ3n) is 3.90. The number of carbonyl (C=O) groups is 1. The lowest BCUT2D eigenvalue weighted by atomic mass is 10.0. The van der Waals surface area contributed by atoms with E-state index in [4.69, 9.17) is 16.3 Å². The molecule has 2 rings (SSSR count). The fraction of sp³-hybridized carbons (Fsp3) is 0.350. The molecular formula is C20H24ClNO2. The summed E-state index contributed by atoms with van der Waals surface area (Å²) >= 11 is 5.82. The van der Waals surface area contributed by atoms with Gasteiger partial charge in [0.1, 0.15) is 5.75 Å². The van der Waals surface area contributed by atoms with E-state index in [1.807, 2.05) is 19.1 Å². The lowest BCUT2D eigenvalue weighted by Crippen LogP contribution is -2.27. The van der Waals surface area contributed by atoms with E-state index >= 15 is 0 Å². The van der Waals surface area contributed by atoms with E-state index in [-0.39, 0.29) is 11.9 Å². The van der Waals surface area contributed by atoms with E-state index < -0.39 is 0 Å². The molecule has 0 spiro atoms. The van der Waals surface area contributed by atoms with Crippen molar-refractivity contribution >= 4 is 17.5 Å². The summed E-state index contributed by atoms with van der Waals surface area (Å²) < 4.78 is 5.59. The predicted molar refractivity (Wildman–Crippen MR) is 98.7 cm³/mol. The highest BCUT2D eigenvalue weighted by Gasteiger charge is 2.11. The van der Waals surface area contributed by atoms with Crippen molar-refractivity contribution in [3.05, 3.63) is 64.2 Å². The van der Waals surface area contributed by atoms with Crippen molar-refractivity contribution in [2.45, 2.75) is 39.7 Å². The van der Waals surface area contributed by atoms with Crippen molar-refractivity contribution in [1.82, 2.24) is 5.32 Å². The standard InChI is InChI=1S/C20H24ClNO2/c1-14-6-11-19(15(2)13-14)16(3)22-20(23)5-4-12-24-18-9-7-17(21)8-10-18/h6-11,13,16H,4-5,12H2,1-3H3,(H,22,23)/t16-/m0/s1. The number of benzene rings is 2. The van der Waals surface area contributed by atoms with Crippen LogP contribution in [0.2, 0.25) is 5.02 Å². The first-order valence-corrected chi connectivity index (χ1v) is 8.58. The van der Waals surface area contributed by atoms with Crippen LogP contribution in [-0.4, -0.2) is 12.5 Å². The maximum Gasteiger partial charge on any atom is 0.220 e. The van der Waals surface area contributed by atoms with Crippen LogP contribution in [0.1, 0.15) is 42.5 Å². The van der Waals surface area contributed by atoms with Crippen molar-refractivity contribution in [3.8, 4) is 5.75 Å². The van der Waals surface area contributed by atoms with Gasteiger partial charge < -0.3 is 10.1 Å². The topological polar surface area (TPSA) is 38.3 Å². The molecule has 0 aromatic heterocycles. The molecule has 0 saturated carbocycles. The van der Waals surface area contributed by atoms with Gasteiger partial charge in [0.15, 0.2) is 0 Å². The van der Waals surface area contributed by atoms with Crippen LogP contribution in [0.3, 0.4) is 0 Å². The molecule has 0 heterocycles. The molecule has 0 saturated heterocycles. The fourth-order valence-corrected chi connectivity index (χ4v) is 2.78. The Hall–Kier alpha value is -2.00. The number of ether oxygens (including phenoxy) is 1. The molecule has 1 N–H and O–H groups in total. The number of rotatable bonds is 7. The number of carbonyl (C=O) groups excluding carboxylic acids is 1. The van der Waals surface area contributed by atoms with Crippen molar-refractivity contribution in [3.63, 3.8) is 0 Å². The SMILES string of the molecule is Cc1ccc([C@H](C)NC(=O)CCCOc2ccc(Cl)cc2)c(C)c1. The quantitative estimate of drug-likeness (QED) is 0.717. The van der Waals surface area contributed by atoms with Crippen LogP contribution < -0.4 is 10.1 Å². The van der Waals surface area contributed by atoms with E-state index in [1.165, 1.54) is 11.1 Å². The molecule has 1 amide bonds. The number of amides is 1. The van der Waals surface area contributed by atoms with Gasteiger partial charge in [-0.05, 0) is 62.6 Å². The molecule has 2 aromatic carbocycles. The smallest absolute Gasteiger partial charge is 0.220 e. The van der Waals surface area contributed by atoms with Crippen molar-refractivity contribution in [1.29, 1.82) is 0 Å². The molecule has 0 unspecified atom stereocenters. The summed E-state index contributed by atoms with van der Waals surface area (Å²) in [5.41, 5.74) is 3.59. The highest BCUT2D eigenvalue weighted by molar-refractivity contribution is 6.30. The van der Waals surface area contributed by atoms with Gasteiger partial charge in [-0.1, -0.05) is 35.4 Å². The monoisotopic (exact) mass is 345 g/mol. The van der Waals surface area contributed by atoms with Gasteiger partial charge in [-0.2, -0.15) is 0 Å². The first-order valence-electron chi connectivity index (χ1n) is 8.20. The number of nitrogens with one attached hydrogen (secondary N) is 1. The Labute approximate surface area is 149 Å². The molecule has 3 nitrogen and oxygen atoms in total. The summed E-state index contributed by atoms with van der Waals surface area (Å²) in [6.07, 6.45) is 1.12. The number of hydrogen-bond acceptors (Lipinski definition) is 2. The molecule has 0 bridgehead atoms. The predicted octanol–water partition coefficient (Wildman–Crippen LogP) is 4.99. The minimum Gasteiger partial charge on any atom is -0.494 e. The van der Waals surface area contributed by atoms with Crippen molar-refractivity contribution in [2.24, 2.45) is 0 Å². The van der Waals surface area contributed by atoms with E-state index in [1.54, 1.807) is 12.1 Å². The average molecular weight is 346 g/mol. The van der Waals surface area contributed by atoms with Gasteiger partial charge in [-0.3, -0.25) is 4.79 Å². The highest BCUT2D eigenvalue weighted by atomic mass is 35.5. The average Bonchev–Trinajstić information content (AvgIpc) is 2.53. The van der Waals surface area contributed by atoms with Crippen molar-refractivity contribution < 1.29 is 9.53 Å². The van der Waals surface area contributed by atoms with Crippen LogP contribution in [0.25, 0.3) is 0 Å². The van der Waals surface area contributed by atoms with E-state index in [0.29, 0.717) is 24.5 Å². The molecule has 1 atom stereocenters. The molecule has 0 aliphatic rings. The summed E-state index contributed by atoms with van der Waals surface area (Å²) in [5, 5.41) is 3.73. The lowest BCUT2D eigenvalue weighted by Gasteiger charge is -2.17. The van der Waals surface area contributed by atoms with Gasteiger partial charge in [0, 0.05) is 11.4 Å². The first kappa shape index (κ1) is 18.3. The van der Waals surface area contributed by atoms with Crippen molar-refractivity contribution in [2.75, 3.05) is 6.61 Å². The largest absolute Gasteiger partial charge is 0.494 e. The fourth-order valence-electron chi connectivity index (χ4n) is 2.66. The molecule has 4 heteroatoms. The second-order valence-corrected chi connectivity index (χ2v) is 6.49. The third-order valence-corrected chi connectivity index (χ3v) is 4.15. The van der Waals surface area contributed by atoms with Crippen LogP contribution in [0.4, 0.5) is 0 Å². The summed E-state index contributed by atoms with van der Waals surface area (Å²) in [7, 11) is 0. The zero-order valence-corrected chi connectivity index (χ0v) is 15.2. The van der Waals surface area contributed by atoms with E-state index in [9.17, 15) is 4.79 Å². The summed E-state index contributed by atoms with van der Waals surface area (Å²) in [5.74, 6) is 0.811. The van der Waals surface area contributed by atoms with Crippen LogP contribution in [0.5, 0.6) is 5.75 Å². The van der Waals surface area contributed by atoms with Gasteiger partial charge >= 0.3 is 0 Å². The normalized spacial score (nSPS) is 11.8.